The van der Waals surface area contributed by atoms with E-state index >= 15 is 0 Å². The van der Waals surface area contributed by atoms with Gasteiger partial charge in [-0.05, 0) is 31.7 Å². The van der Waals surface area contributed by atoms with Gasteiger partial charge in [0.25, 0.3) is 0 Å². The minimum absolute atomic E-state index is 0.243. The minimum Gasteiger partial charge on any atom is -0.339 e. The summed E-state index contributed by atoms with van der Waals surface area (Å²) in [7, 11) is 1.92. The maximum Gasteiger partial charge on any atom is 0.416 e. The molecule has 1 aliphatic heterocycles. The van der Waals surface area contributed by atoms with Crippen molar-refractivity contribution in [2.75, 3.05) is 25.0 Å². The van der Waals surface area contributed by atoms with E-state index in [0.717, 1.165) is 31.6 Å². The van der Waals surface area contributed by atoms with Crippen LogP contribution < -0.4 is 16.0 Å². The van der Waals surface area contributed by atoms with E-state index in [-0.39, 0.29) is 6.54 Å². The van der Waals surface area contributed by atoms with Crippen LogP contribution in [0.25, 0.3) is 11.3 Å². The number of hydrogen-bond donors (Lipinski definition) is 2. The summed E-state index contributed by atoms with van der Waals surface area (Å²) in [4.78, 5) is 11.1. The van der Waals surface area contributed by atoms with Crippen molar-refractivity contribution in [3.8, 4) is 11.3 Å². The van der Waals surface area contributed by atoms with Crippen LogP contribution in [0, 0.1) is 0 Å². The Morgan fingerprint density at radius 2 is 1.96 bits per heavy atom. The first kappa shape index (κ1) is 17.6. The van der Waals surface area contributed by atoms with Crippen LogP contribution in [0.5, 0.6) is 0 Å². The highest BCUT2D eigenvalue weighted by molar-refractivity contribution is 5.61. The number of rotatable bonds is 4. The first-order chi connectivity index (χ1) is 11.9. The Balaban J connectivity index is 1.92. The summed E-state index contributed by atoms with van der Waals surface area (Å²) in [6.45, 7) is 1.86. The third kappa shape index (κ3) is 3.91. The summed E-state index contributed by atoms with van der Waals surface area (Å²) in [6.07, 6.45) is -3.36. The zero-order chi connectivity index (χ0) is 18.0. The van der Waals surface area contributed by atoms with Gasteiger partial charge in [0.1, 0.15) is 0 Å². The smallest absolute Gasteiger partial charge is 0.339 e. The lowest BCUT2D eigenvalue weighted by Gasteiger charge is -2.18. The molecule has 0 aliphatic carbocycles. The van der Waals surface area contributed by atoms with E-state index in [9.17, 15) is 13.2 Å². The van der Waals surface area contributed by atoms with Gasteiger partial charge in [0.05, 0.1) is 17.0 Å². The predicted molar refractivity (Wildman–Crippen MR) is 90.0 cm³/mol. The van der Waals surface area contributed by atoms with Gasteiger partial charge in [-0.2, -0.15) is 13.2 Å². The largest absolute Gasteiger partial charge is 0.416 e. The van der Waals surface area contributed by atoms with Gasteiger partial charge in [-0.25, -0.2) is 9.97 Å². The van der Waals surface area contributed by atoms with E-state index in [0.29, 0.717) is 28.9 Å². The standard InChI is InChI=1S/C17H20F3N5/c1-22-13-6-7-25(10-13)16-23-14(9-21)8-15(24-16)11-2-4-12(5-3-11)17(18,19)20/h2-5,8,13,22H,6-7,9-10,21H2,1H3. The third-order valence-electron chi connectivity index (χ3n) is 4.36. The second-order valence-corrected chi connectivity index (χ2v) is 6.04. The van der Waals surface area contributed by atoms with Gasteiger partial charge >= 0.3 is 6.18 Å². The average molecular weight is 351 g/mol. The van der Waals surface area contributed by atoms with Gasteiger partial charge in [0, 0.05) is 31.2 Å². The molecule has 3 rings (SSSR count). The number of anilines is 1. The highest BCUT2D eigenvalue weighted by Crippen LogP contribution is 2.31. The minimum atomic E-state index is -4.35. The van der Waals surface area contributed by atoms with Crippen molar-refractivity contribution in [2.45, 2.75) is 25.2 Å². The van der Waals surface area contributed by atoms with Crippen LogP contribution in [0.4, 0.5) is 19.1 Å². The molecular formula is C17H20F3N5. The molecule has 1 aromatic carbocycles. The summed E-state index contributed by atoms with van der Waals surface area (Å²) < 4.78 is 38.2. The first-order valence-electron chi connectivity index (χ1n) is 8.08. The maximum absolute atomic E-state index is 12.7. The molecule has 2 heterocycles. The SMILES string of the molecule is CNC1CCN(c2nc(CN)cc(-c3ccc(C(F)(F)F)cc3)n2)C1. The van der Waals surface area contributed by atoms with Crippen LogP contribution >= 0.6 is 0 Å². The second kappa shape index (κ2) is 6.97. The molecule has 8 heteroatoms. The van der Waals surface area contributed by atoms with Gasteiger partial charge in [0.15, 0.2) is 0 Å². The molecule has 3 N–H and O–H groups in total. The molecule has 25 heavy (non-hydrogen) atoms. The third-order valence-corrected chi connectivity index (χ3v) is 4.36. The fourth-order valence-electron chi connectivity index (χ4n) is 2.88. The summed E-state index contributed by atoms with van der Waals surface area (Å²) >= 11 is 0. The highest BCUT2D eigenvalue weighted by Gasteiger charge is 2.30. The number of likely N-dealkylation sites (N-methyl/N-ethyl adjacent to an activating group) is 1. The van der Waals surface area contributed by atoms with Crippen LogP contribution in [0.2, 0.25) is 0 Å². The quantitative estimate of drug-likeness (QED) is 0.886. The maximum atomic E-state index is 12.7. The molecule has 0 bridgehead atoms. The zero-order valence-corrected chi connectivity index (χ0v) is 13.8. The molecule has 1 fully saturated rings. The fraction of sp³-hybridized carbons (Fsp3) is 0.412. The Hall–Kier alpha value is -2.19. The second-order valence-electron chi connectivity index (χ2n) is 6.04. The van der Waals surface area contributed by atoms with Crippen molar-refractivity contribution in [3.63, 3.8) is 0 Å². The number of hydrogen-bond acceptors (Lipinski definition) is 5. The number of halogens is 3. The number of benzene rings is 1. The van der Waals surface area contributed by atoms with Crippen molar-refractivity contribution in [1.29, 1.82) is 0 Å². The molecule has 5 nitrogen and oxygen atoms in total. The molecule has 0 amide bonds. The van der Waals surface area contributed by atoms with E-state index in [1.165, 1.54) is 12.1 Å². The lowest BCUT2D eigenvalue weighted by atomic mass is 10.1. The lowest BCUT2D eigenvalue weighted by Crippen LogP contribution is -2.30. The summed E-state index contributed by atoms with van der Waals surface area (Å²) in [6, 6.07) is 7.07. The number of alkyl halides is 3. The van der Waals surface area contributed by atoms with Crippen molar-refractivity contribution in [2.24, 2.45) is 5.73 Å². The van der Waals surface area contributed by atoms with Crippen LogP contribution in [0.3, 0.4) is 0 Å². The van der Waals surface area contributed by atoms with Crippen molar-refractivity contribution in [1.82, 2.24) is 15.3 Å². The molecular weight excluding hydrogens is 331 g/mol. The van der Waals surface area contributed by atoms with Gasteiger partial charge < -0.3 is 16.0 Å². The fourth-order valence-corrected chi connectivity index (χ4v) is 2.88. The molecule has 1 unspecified atom stereocenters. The van der Waals surface area contributed by atoms with Gasteiger partial charge in [-0.3, -0.25) is 0 Å². The Morgan fingerprint density at radius 1 is 1.24 bits per heavy atom. The van der Waals surface area contributed by atoms with Crippen molar-refractivity contribution in [3.05, 3.63) is 41.6 Å². The lowest BCUT2D eigenvalue weighted by molar-refractivity contribution is -0.137. The summed E-state index contributed by atoms with van der Waals surface area (Å²) in [5, 5.41) is 3.23. The Kier molecular flexibility index (Phi) is 4.91. The molecule has 0 radical (unpaired) electrons. The number of aromatic nitrogens is 2. The monoisotopic (exact) mass is 351 g/mol. The van der Waals surface area contributed by atoms with E-state index in [1.807, 2.05) is 7.05 Å². The normalized spacial score (nSPS) is 18.0. The van der Waals surface area contributed by atoms with E-state index < -0.39 is 11.7 Å². The molecule has 0 spiro atoms. The molecule has 0 saturated carbocycles. The molecule has 1 atom stereocenters. The van der Waals surface area contributed by atoms with Crippen molar-refractivity contribution >= 4 is 5.95 Å². The van der Waals surface area contributed by atoms with Crippen molar-refractivity contribution < 1.29 is 13.2 Å². The van der Waals surface area contributed by atoms with E-state index in [2.05, 4.69) is 20.2 Å². The summed E-state index contributed by atoms with van der Waals surface area (Å²) in [5.74, 6) is 0.565. The average Bonchev–Trinajstić information content (AvgIpc) is 3.10. The van der Waals surface area contributed by atoms with Crippen LogP contribution in [0.1, 0.15) is 17.7 Å². The number of nitrogens with zero attached hydrogens (tertiary/aromatic N) is 3. The van der Waals surface area contributed by atoms with Gasteiger partial charge in [-0.15, -0.1) is 0 Å². The van der Waals surface area contributed by atoms with Gasteiger partial charge in [0.2, 0.25) is 5.95 Å². The first-order valence-corrected chi connectivity index (χ1v) is 8.08. The highest BCUT2D eigenvalue weighted by atomic mass is 19.4. The molecule has 1 aliphatic rings. The van der Waals surface area contributed by atoms with Crippen LogP contribution in [-0.4, -0.2) is 36.1 Å². The number of nitrogens with one attached hydrogen (secondary N) is 1. The molecule has 1 saturated heterocycles. The Bertz CT molecular complexity index is 730. The topological polar surface area (TPSA) is 67.1 Å². The van der Waals surface area contributed by atoms with Crippen LogP contribution in [-0.2, 0) is 12.7 Å². The van der Waals surface area contributed by atoms with E-state index in [4.69, 9.17) is 5.73 Å². The van der Waals surface area contributed by atoms with E-state index in [1.54, 1.807) is 6.07 Å². The van der Waals surface area contributed by atoms with Crippen LogP contribution in [0.15, 0.2) is 30.3 Å². The Morgan fingerprint density at radius 3 is 2.52 bits per heavy atom. The Labute approximate surface area is 144 Å². The van der Waals surface area contributed by atoms with Gasteiger partial charge in [-0.1, -0.05) is 12.1 Å². The zero-order valence-electron chi connectivity index (χ0n) is 13.8. The molecule has 1 aromatic heterocycles. The summed E-state index contributed by atoms with van der Waals surface area (Å²) in [5.41, 5.74) is 6.89. The molecule has 134 valence electrons. The number of nitrogens with two attached hydrogens (primary N) is 1. The molecule has 2 aromatic rings. The predicted octanol–water partition coefficient (Wildman–Crippen LogP) is 2.42.